The van der Waals surface area contributed by atoms with Gasteiger partial charge in [0.2, 0.25) is 0 Å². The maximum atomic E-state index is 5.82. The summed E-state index contributed by atoms with van der Waals surface area (Å²) in [4.78, 5) is 7.97. The van der Waals surface area contributed by atoms with Gasteiger partial charge in [-0.2, -0.15) is 0 Å². The topological polar surface area (TPSA) is 25.8 Å². The van der Waals surface area contributed by atoms with Crippen LogP contribution < -0.4 is 0 Å². The molecule has 2 nitrogen and oxygen atoms in total. The quantitative estimate of drug-likeness (QED) is 0.694. The highest BCUT2D eigenvalue weighted by molar-refractivity contribution is 6.30. The highest BCUT2D eigenvalue weighted by atomic mass is 35.5. The molecule has 0 aliphatic heterocycles. The summed E-state index contributed by atoms with van der Waals surface area (Å²) >= 11 is 11.5. The van der Waals surface area contributed by atoms with Crippen LogP contribution in [0.15, 0.2) is 36.8 Å². The molecule has 0 aromatic carbocycles. The number of aromatic nitrogens is 2. The summed E-state index contributed by atoms with van der Waals surface area (Å²) in [6, 6.07) is 5.44. The van der Waals surface area contributed by atoms with Crippen LogP contribution in [0.5, 0.6) is 0 Å². The number of nitrogens with zero attached hydrogens (tertiary/aromatic N) is 2. The first-order chi connectivity index (χ1) is 6.75. The van der Waals surface area contributed by atoms with E-state index in [1.165, 1.54) is 0 Å². The summed E-state index contributed by atoms with van der Waals surface area (Å²) < 4.78 is 0. The zero-order chi connectivity index (χ0) is 9.97. The molecule has 0 spiro atoms. The highest BCUT2D eigenvalue weighted by Gasteiger charge is 1.99. The van der Waals surface area contributed by atoms with Crippen molar-refractivity contribution in [1.82, 2.24) is 9.97 Å². The van der Waals surface area contributed by atoms with Crippen LogP contribution in [0.25, 0.3) is 11.1 Å². The van der Waals surface area contributed by atoms with Crippen molar-refractivity contribution in [2.75, 3.05) is 0 Å². The molecule has 2 aromatic rings. The number of hydrogen-bond acceptors (Lipinski definition) is 2. The van der Waals surface area contributed by atoms with Crippen molar-refractivity contribution < 1.29 is 0 Å². The van der Waals surface area contributed by atoms with Crippen molar-refractivity contribution in [1.29, 1.82) is 0 Å². The molecular formula is C10H6Cl2N2. The summed E-state index contributed by atoms with van der Waals surface area (Å²) in [7, 11) is 0. The first-order valence-electron chi connectivity index (χ1n) is 3.98. The lowest BCUT2D eigenvalue weighted by Gasteiger charge is -2.00. The molecule has 0 amide bonds. The summed E-state index contributed by atoms with van der Waals surface area (Å²) in [5, 5.41) is 1.08. The molecular weight excluding hydrogens is 219 g/mol. The Kier molecular flexibility index (Phi) is 2.66. The van der Waals surface area contributed by atoms with Gasteiger partial charge in [0.1, 0.15) is 5.15 Å². The van der Waals surface area contributed by atoms with Crippen molar-refractivity contribution in [3.8, 4) is 11.1 Å². The van der Waals surface area contributed by atoms with Gasteiger partial charge in [0.25, 0.3) is 0 Å². The molecule has 14 heavy (non-hydrogen) atoms. The Labute approximate surface area is 91.5 Å². The zero-order valence-electron chi connectivity index (χ0n) is 7.11. The van der Waals surface area contributed by atoms with Gasteiger partial charge < -0.3 is 0 Å². The lowest BCUT2D eigenvalue weighted by molar-refractivity contribution is 1.30. The van der Waals surface area contributed by atoms with Gasteiger partial charge in [0.15, 0.2) is 0 Å². The third-order valence-corrected chi connectivity index (χ3v) is 2.20. The Balaban J connectivity index is 2.44. The zero-order valence-corrected chi connectivity index (χ0v) is 8.63. The Morgan fingerprint density at radius 3 is 2.43 bits per heavy atom. The van der Waals surface area contributed by atoms with Crippen molar-refractivity contribution in [3.63, 3.8) is 0 Å². The van der Waals surface area contributed by atoms with E-state index in [1.807, 2.05) is 12.1 Å². The summed E-state index contributed by atoms with van der Waals surface area (Å²) in [6.07, 6.45) is 5.01. The van der Waals surface area contributed by atoms with Crippen molar-refractivity contribution in [2.45, 2.75) is 0 Å². The van der Waals surface area contributed by atoms with Crippen molar-refractivity contribution in [3.05, 3.63) is 47.0 Å². The van der Waals surface area contributed by atoms with Gasteiger partial charge in [-0.1, -0.05) is 23.2 Å². The molecule has 70 valence electrons. The summed E-state index contributed by atoms with van der Waals surface area (Å²) in [5.74, 6) is 0. The summed E-state index contributed by atoms with van der Waals surface area (Å²) in [5.41, 5.74) is 1.88. The molecule has 2 heterocycles. The molecule has 2 aromatic heterocycles. The van der Waals surface area contributed by atoms with E-state index < -0.39 is 0 Å². The van der Waals surface area contributed by atoms with Gasteiger partial charge >= 0.3 is 0 Å². The van der Waals surface area contributed by atoms with Gasteiger partial charge in [0.05, 0.1) is 5.02 Å². The Hall–Kier alpha value is -1.12. The average Bonchev–Trinajstić information content (AvgIpc) is 2.19. The minimum absolute atomic E-state index is 0.476. The third-order valence-electron chi connectivity index (χ3n) is 1.77. The molecule has 2 rings (SSSR count). The Morgan fingerprint density at radius 1 is 0.929 bits per heavy atom. The van der Waals surface area contributed by atoms with Crippen LogP contribution in [0.4, 0.5) is 0 Å². The number of rotatable bonds is 1. The van der Waals surface area contributed by atoms with E-state index in [0.29, 0.717) is 10.2 Å². The number of pyridine rings is 2. The molecule has 0 aliphatic carbocycles. The van der Waals surface area contributed by atoms with Crippen LogP contribution in [-0.4, -0.2) is 9.97 Å². The van der Waals surface area contributed by atoms with Crippen LogP contribution in [-0.2, 0) is 0 Å². The predicted molar refractivity (Wildman–Crippen MR) is 57.5 cm³/mol. The van der Waals surface area contributed by atoms with E-state index >= 15 is 0 Å². The second-order valence-electron chi connectivity index (χ2n) is 2.76. The number of hydrogen-bond donors (Lipinski definition) is 0. The monoisotopic (exact) mass is 224 g/mol. The number of halogens is 2. The highest BCUT2D eigenvalue weighted by Crippen LogP contribution is 2.21. The fourth-order valence-electron chi connectivity index (χ4n) is 1.12. The minimum atomic E-state index is 0.476. The van der Waals surface area contributed by atoms with Crippen molar-refractivity contribution >= 4 is 23.2 Å². The van der Waals surface area contributed by atoms with Gasteiger partial charge in [-0.15, -0.1) is 0 Å². The second kappa shape index (κ2) is 3.95. The van der Waals surface area contributed by atoms with Crippen LogP contribution >= 0.6 is 23.2 Å². The van der Waals surface area contributed by atoms with E-state index in [0.717, 1.165) is 11.1 Å². The van der Waals surface area contributed by atoms with Gasteiger partial charge in [-0.25, -0.2) is 4.98 Å². The van der Waals surface area contributed by atoms with E-state index in [2.05, 4.69) is 9.97 Å². The molecule has 0 saturated heterocycles. The molecule has 0 aliphatic rings. The van der Waals surface area contributed by atoms with Crippen LogP contribution in [0, 0.1) is 0 Å². The van der Waals surface area contributed by atoms with Crippen LogP contribution in [0.1, 0.15) is 0 Å². The molecule has 0 saturated carbocycles. The van der Waals surface area contributed by atoms with Crippen LogP contribution in [0.2, 0.25) is 10.2 Å². The molecule has 0 radical (unpaired) electrons. The fraction of sp³-hybridized carbons (Fsp3) is 0. The van der Waals surface area contributed by atoms with Gasteiger partial charge in [-0.3, -0.25) is 4.98 Å². The first-order valence-corrected chi connectivity index (χ1v) is 4.74. The lowest BCUT2D eigenvalue weighted by Crippen LogP contribution is -1.81. The SMILES string of the molecule is Clc1cncc(-c2ccc(Cl)nc2)c1. The van der Waals surface area contributed by atoms with Crippen LogP contribution in [0.3, 0.4) is 0 Å². The standard InChI is InChI=1S/C10H6Cl2N2/c11-9-3-8(4-13-6-9)7-1-2-10(12)14-5-7/h1-6H. The molecule has 4 heteroatoms. The third kappa shape index (κ3) is 2.03. The maximum Gasteiger partial charge on any atom is 0.129 e. The smallest absolute Gasteiger partial charge is 0.129 e. The first kappa shape index (κ1) is 9.44. The Morgan fingerprint density at radius 2 is 1.79 bits per heavy atom. The molecule has 0 bridgehead atoms. The molecule has 0 unspecified atom stereocenters. The van der Waals surface area contributed by atoms with E-state index in [9.17, 15) is 0 Å². The molecule has 0 fully saturated rings. The summed E-state index contributed by atoms with van der Waals surface area (Å²) in [6.45, 7) is 0. The van der Waals surface area contributed by atoms with Gasteiger partial charge in [-0.05, 0) is 18.2 Å². The Bertz CT molecular complexity index is 440. The van der Waals surface area contributed by atoms with E-state index in [1.54, 1.807) is 24.7 Å². The normalized spacial score (nSPS) is 10.1. The maximum absolute atomic E-state index is 5.82. The fourth-order valence-corrected chi connectivity index (χ4v) is 1.40. The van der Waals surface area contributed by atoms with E-state index in [-0.39, 0.29) is 0 Å². The van der Waals surface area contributed by atoms with Crippen molar-refractivity contribution in [2.24, 2.45) is 0 Å². The molecule has 0 atom stereocenters. The lowest BCUT2D eigenvalue weighted by atomic mass is 10.1. The minimum Gasteiger partial charge on any atom is -0.263 e. The largest absolute Gasteiger partial charge is 0.263 e. The van der Waals surface area contributed by atoms with Gasteiger partial charge in [0, 0.05) is 29.7 Å². The second-order valence-corrected chi connectivity index (χ2v) is 3.59. The van der Waals surface area contributed by atoms with E-state index in [4.69, 9.17) is 23.2 Å². The molecule has 0 N–H and O–H groups in total. The predicted octanol–water partition coefficient (Wildman–Crippen LogP) is 3.45. The average molecular weight is 225 g/mol.